The number of hydrogen-bond donors (Lipinski definition) is 3. The van der Waals surface area contributed by atoms with Gasteiger partial charge in [-0.2, -0.15) is 0 Å². The molecular formula is C22H23N3O5S. The van der Waals surface area contributed by atoms with Crippen LogP contribution >= 0.6 is 12.2 Å². The highest BCUT2D eigenvalue weighted by Crippen LogP contribution is 2.32. The van der Waals surface area contributed by atoms with Crippen LogP contribution in [0.3, 0.4) is 0 Å². The molecule has 0 fully saturated rings. The number of benzene rings is 2. The highest BCUT2D eigenvalue weighted by Gasteiger charge is 2.30. The summed E-state index contributed by atoms with van der Waals surface area (Å²) in [4.78, 5) is 25.0. The van der Waals surface area contributed by atoms with Crippen LogP contribution < -0.4 is 25.4 Å². The minimum absolute atomic E-state index is 0.328. The van der Waals surface area contributed by atoms with Gasteiger partial charge in [-0.15, -0.1) is 0 Å². The van der Waals surface area contributed by atoms with Crippen LogP contribution in [0.15, 0.2) is 53.7 Å². The third-order valence-corrected chi connectivity index (χ3v) is 5.06. The summed E-state index contributed by atoms with van der Waals surface area (Å²) in [5.41, 5.74) is 2.76. The zero-order valence-corrected chi connectivity index (χ0v) is 18.4. The van der Waals surface area contributed by atoms with Crippen molar-refractivity contribution in [2.24, 2.45) is 0 Å². The summed E-state index contributed by atoms with van der Waals surface area (Å²) in [5, 5.41) is 9.41. The Morgan fingerprint density at radius 2 is 1.74 bits per heavy atom. The van der Waals surface area contributed by atoms with E-state index in [-0.39, 0.29) is 5.91 Å². The molecule has 2 aromatic rings. The smallest absolute Gasteiger partial charge is 0.337 e. The first kappa shape index (κ1) is 22.1. The molecule has 0 saturated carbocycles. The molecule has 0 spiro atoms. The highest BCUT2D eigenvalue weighted by atomic mass is 32.1. The van der Waals surface area contributed by atoms with Crippen molar-refractivity contribution in [1.29, 1.82) is 0 Å². The molecule has 0 aliphatic carbocycles. The Bertz CT molecular complexity index is 1050. The summed E-state index contributed by atoms with van der Waals surface area (Å²) in [7, 11) is 4.40. The maximum Gasteiger partial charge on any atom is 0.337 e. The molecule has 9 heteroatoms. The Labute approximate surface area is 185 Å². The predicted molar refractivity (Wildman–Crippen MR) is 120 cm³/mol. The fourth-order valence-electron chi connectivity index (χ4n) is 3.27. The molecule has 8 nitrogen and oxygen atoms in total. The predicted octanol–water partition coefficient (Wildman–Crippen LogP) is 2.92. The maximum absolute atomic E-state index is 13.3. The molecule has 1 atom stereocenters. The number of ether oxygens (including phenoxy) is 3. The molecule has 162 valence electrons. The standard InChI is InChI=1S/C22H23N3O5S/c1-12-18(20(26)24-16-10-9-15(28-2)11-17(16)29-3)19(25-22(31)23-12)13-5-7-14(8-6-13)21(27)30-4/h5-11,19H,1-4H3,(H,24,26)(H2,23,25,31)/t19-/m1/s1. The number of rotatable bonds is 6. The van der Waals surface area contributed by atoms with Crippen LogP contribution in [0.4, 0.5) is 5.69 Å². The van der Waals surface area contributed by atoms with Crippen molar-refractivity contribution in [3.8, 4) is 11.5 Å². The van der Waals surface area contributed by atoms with Gasteiger partial charge in [0.25, 0.3) is 5.91 Å². The molecule has 0 unspecified atom stereocenters. The summed E-state index contributed by atoms with van der Waals surface area (Å²) >= 11 is 5.29. The lowest BCUT2D eigenvalue weighted by molar-refractivity contribution is -0.113. The Morgan fingerprint density at radius 1 is 1.03 bits per heavy atom. The minimum atomic E-state index is -0.510. The van der Waals surface area contributed by atoms with Gasteiger partial charge in [0.2, 0.25) is 0 Å². The van der Waals surface area contributed by atoms with E-state index in [1.807, 2.05) is 0 Å². The minimum Gasteiger partial charge on any atom is -0.497 e. The fourth-order valence-corrected chi connectivity index (χ4v) is 3.54. The van der Waals surface area contributed by atoms with Crippen LogP contribution in [0, 0.1) is 0 Å². The Kier molecular flexibility index (Phi) is 6.76. The van der Waals surface area contributed by atoms with Gasteiger partial charge in [0, 0.05) is 11.8 Å². The molecule has 31 heavy (non-hydrogen) atoms. The van der Waals surface area contributed by atoms with Crippen molar-refractivity contribution in [3.05, 3.63) is 64.9 Å². The van der Waals surface area contributed by atoms with Gasteiger partial charge < -0.3 is 30.2 Å². The third-order valence-electron chi connectivity index (χ3n) is 4.84. The van der Waals surface area contributed by atoms with Gasteiger partial charge in [-0.05, 0) is 49.0 Å². The number of allylic oxidation sites excluding steroid dienone is 1. The van der Waals surface area contributed by atoms with Gasteiger partial charge in [0.05, 0.1) is 44.2 Å². The number of hydrogen-bond acceptors (Lipinski definition) is 6. The molecule has 1 amide bonds. The summed E-state index contributed by atoms with van der Waals surface area (Å²) in [6.45, 7) is 1.78. The van der Waals surface area contributed by atoms with Crippen molar-refractivity contribution in [3.63, 3.8) is 0 Å². The average molecular weight is 442 g/mol. The van der Waals surface area contributed by atoms with Crippen LogP contribution in [0.25, 0.3) is 0 Å². The Hall–Kier alpha value is -3.59. The molecule has 1 aliphatic heterocycles. The number of amides is 1. The van der Waals surface area contributed by atoms with E-state index in [1.165, 1.54) is 14.2 Å². The van der Waals surface area contributed by atoms with E-state index in [2.05, 4.69) is 16.0 Å². The van der Waals surface area contributed by atoms with Gasteiger partial charge in [-0.25, -0.2) is 4.79 Å². The molecule has 0 saturated heterocycles. The van der Waals surface area contributed by atoms with Crippen LogP contribution in [0.2, 0.25) is 0 Å². The molecule has 1 heterocycles. The Morgan fingerprint density at radius 3 is 2.35 bits per heavy atom. The van der Waals surface area contributed by atoms with Crippen molar-refractivity contribution in [2.45, 2.75) is 13.0 Å². The second kappa shape index (κ2) is 9.48. The number of carbonyl (C=O) groups is 2. The van der Waals surface area contributed by atoms with E-state index in [1.54, 1.807) is 56.5 Å². The molecule has 0 bridgehead atoms. The quantitative estimate of drug-likeness (QED) is 0.465. The second-order valence-electron chi connectivity index (χ2n) is 6.70. The van der Waals surface area contributed by atoms with Gasteiger partial charge >= 0.3 is 5.97 Å². The number of anilines is 1. The van der Waals surface area contributed by atoms with Crippen molar-refractivity contribution in [1.82, 2.24) is 10.6 Å². The van der Waals surface area contributed by atoms with Gasteiger partial charge in [0.1, 0.15) is 11.5 Å². The van der Waals surface area contributed by atoms with Crippen LogP contribution in [0.5, 0.6) is 11.5 Å². The lowest BCUT2D eigenvalue weighted by atomic mass is 9.94. The molecule has 1 aliphatic rings. The highest BCUT2D eigenvalue weighted by molar-refractivity contribution is 7.80. The SMILES string of the molecule is COC(=O)c1ccc([C@H]2NC(=S)NC(C)=C2C(=O)Nc2ccc(OC)cc2OC)cc1. The van der Waals surface area contributed by atoms with Gasteiger partial charge in [0.15, 0.2) is 5.11 Å². The van der Waals surface area contributed by atoms with Crippen molar-refractivity contribution >= 4 is 34.9 Å². The largest absolute Gasteiger partial charge is 0.497 e. The summed E-state index contributed by atoms with van der Waals surface area (Å²) in [6.07, 6.45) is 0. The zero-order chi connectivity index (χ0) is 22.5. The number of thiocarbonyl (C=S) groups is 1. The normalized spacial score (nSPS) is 15.5. The topological polar surface area (TPSA) is 97.9 Å². The van der Waals surface area contributed by atoms with E-state index in [4.69, 9.17) is 26.4 Å². The molecule has 0 aromatic heterocycles. The van der Waals surface area contributed by atoms with Crippen LogP contribution in [0.1, 0.15) is 28.9 Å². The monoisotopic (exact) mass is 441 g/mol. The molecule has 3 rings (SSSR count). The van der Waals surface area contributed by atoms with Crippen LogP contribution in [-0.4, -0.2) is 38.3 Å². The molecule has 3 N–H and O–H groups in total. The lowest BCUT2D eigenvalue weighted by Gasteiger charge is -2.30. The molecule has 0 radical (unpaired) electrons. The molecular weight excluding hydrogens is 418 g/mol. The second-order valence-corrected chi connectivity index (χ2v) is 7.11. The number of nitrogens with one attached hydrogen (secondary N) is 3. The molecule has 2 aromatic carbocycles. The summed E-state index contributed by atoms with van der Waals surface area (Å²) in [6, 6.07) is 11.4. The first-order chi connectivity index (χ1) is 14.9. The van der Waals surface area contributed by atoms with E-state index in [0.29, 0.717) is 39.1 Å². The van der Waals surface area contributed by atoms with E-state index < -0.39 is 12.0 Å². The number of esters is 1. The van der Waals surface area contributed by atoms with E-state index in [0.717, 1.165) is 5.56 Å². The van der Waals surface area contributed by atoms with Crippen LogP contribution in [-0.2, 0) is 9.53 Å². The first-order valence-corrected chi connectivity index (χ1v) is 9.78. The maximum atomic E-state index is 13.3. The Balaban J connectivity index is 1.93. The number of methoxy groups -OCH3 is 3. The summed E-state index contributed by atoms with van der Waals surface area (Å²) in [5.74, 6) is 0.319. The van der Waals surface area contributed by atoms with Crippen molar-refractivity contribution in [2.75, 3.05) is 26.6 Å². The number of carbonyl (C=O) groups excluding carboxylic acids is 2. The average Bonchev–Trinajstić information content (AvgIpc) is 2.78. The zero-order valence-electron chi connectivity index (χ0n) is 17.6. The first-order valence-electron chi connectivity index (χ1n) is 9.37. The summed E-state index contributed by atoms with van der Waals surface area (Å²) < 4.78 is 15.3. The third kappa shape index (κ3) is 4.77. The van der Waals surface area contributed by atoms with E-state index >= 15 is 0 Å². The van der Waals surface area contributed by atoms with Gasteiger partial charge in [-0.3, -0.25) is 4.79 Å². The lowest BCUT2D eigenvalue weighted by Crippen LogP contribution is -2.45. The fraction of sp³-hybridized carbons (Fsp3) is 0.227. The van der Waals surface area contributed by atoms with Gasteiger partial charge in [-0.1, -0.05) is 12.1 Å². The van der Waals surface area contributed by atoms with Crippen molar-refractivity contribution < 1.29 is 23.8 Å². The van der Waals surface area contributed by atoms with E-state index in [9.17, 15) is 9.59 Å².